The van der Waals surface area contributed by atoms with Crippen LogP contribution in [-0.2, 0) is 9.53 Å². The zero-order valence-corrected chi connectivity index (χ0v) is 11.9. The lowest BCUT2D eigenvalue weighted by Gasteiger charge is -2.31. The number of carbonyl (C=O) groups is 2. The van der Waals surface area contributed by atoms with Gasteiger partial charge in [0.05, 0.1) is 6.42 Å². The highest BCUT2D eigenvalue weighted by Crippen LogP contribution is 2.26. The molecule has 1 fully saturated rings. The first kappa shape index (κ1) is 15.1. The number of carboxylic acid groups (broad SMARTS) is 1. The van der Waals surface area contributed by atoms with Crippen molar-refractivity contribution >= 4 is 23.8 Å². The molecule has 1 rings (SSSR count). The second-order valence-corrected chi connectivity index (χ2v) is 6.62. The van der Waals surface area contributed by atoms with Crippen molar-refractivity contribution in [2.75, 3.05) is 11.5 Å². The van der Waals surface area contributed by atoms with Crippen LogP contribution >= 0.6 is 11.8 Å². The summed E-state index contributed by atoms with van der Waals surface area (Å²) in [6.45, 7) is 5.41. The molecule has 0 spiro atoms. The predicted octanol–water partition coefficient (Wildman–Crippen LogP) is 2.11. The largest absolute Gasteiger partial charge is 0.481 e. The molecule has 1 aliphatic rings. The monoisotopic (exact) mass is 275 g/mol. The minimum Gasteiger partial charge on any atom is -0.481 e. The quantitative estimate of drug-likeness (QED) is 0.825. The van der Waals surface area contributed by atoms with E-state index in [-0.39, 0.29) is 18.4 Å². The second kappa shape index (κ2) is 6.31. The molecule has 0 radical (unpaired) electrons. The maximum absolute atomic E-state index is 11.7. The van der Waals surface area contributed by atoms with Crippen molar-refractivity contribution in [3.8, 4) is 0 Å². The van der Waals surface area contributed by atoms with Gasteiger partial charge in [0.15, 0.2) is 0 Å². The smallest absolute Gasteiger partial charge is 0.407 e. The maximum Gasteiger partial charge on any atom is 0.407 e. The van der Waals surface area contributed by atoms with Crippen molar-refractivity contribution in [1.29, 1.82) is 0 Å². The Morgan fingerprint density at radius 1 is 1.44 bits per heavy atom. The molecule has 2 N–H and O–H groups in total. The maximum atomic E-state index is 11.7. The summed E-state index contributed by atoms with van der Waals surface area (Å²) in [6.07, 6.45) is 0.448. The topological polar surface area (TPSA) is 75.6 Å². The van der Waals surface area contributed by atoms with Gasteiger partial charge in [0.2, 0.25) is 0 Å². The molecule has 1 amide bonds. The number of nitrogens with one attached hydrogen (secondary N) is 1. The minimum absolute atomic E-state index is 0.00346. The van der Waals surface area contributed by atoms with Crippen LogP contribution in [-0.4, -0.2) is 40.3 Å². The highest BCUT2D eigenvalue weighted by Gasteiger charge is 2.30. The van der Waals surface area contributed by atoms with E-state index in [1.807, 2.05) is 0 Å². The number of carbonyl (C=O) groups excluding carboxylic acids is 1. The highest BCUT2D eigenvalue weighted by atomic mass is 32.2. The molecule has 1 saturated heterocycles. The first-order chi connectivity index (χ1) is 8.28. The number of ether oxygens (including phenoxy) is 1. The van der Waals surface area contributed by atoms with E-state index >= 15 is 0 Å². The van der Waals surface area contributed by atoms with E-state index in [0.29, 0.717) is 0 Å². The Morgan fingerprint density at radius 3 is 2.67 bits per heavy atom. The molecule has 0 unspecified atom stereocenters. The number of amides is 1. The number of thioether (sulfide) groups is 1. The minimum atomic E-state index is -0.817. The Balaban J connectivity index is 2.51. The number of carboxylic acids is 1. The number of alkyl carbamates (subject to hydrolysis) is 1. The summed E-state index contributed by atoms with van der Waals surface area (Å²) in [5, 5.41) is 11.6. The molecule has 1 heterocycles. The summed E-state index contributed by atoms with van der Waals surface area (Å²) in [7, 11) is 0. The summed E-state index contributed by atoms with van der Waals surface area (Å²) in [6, 6.07) is -0.116. The molecule has 0 aromatic heterocycles. The fourth-order valence-electron chi connectivity index (χ4n) is 1.87. The van der Waals surface area contributed by atoms with Crippen LogP contribution in [0, 0.1) is 5.92 Å². The van der Waals surface area contributed by atoms with Crippen LogP contribution in [0.4, 0.5) is 4.79 Å². The van der Waals surface area contributed by atoms with Crippen molar-refractivity contribution in [3.63, 3.8) is 0 Å². The van der Waals surface area contributed by atoms with Gasteiger partial charge in [-0.3, -0.25) is 4.79 Å². The third kappa shape index (κ3) is 5.62. The van der Waals surface area contributed by atoms with E-state index in [9.17, 15) is 9.59 Å². The van der Waals surface area contributed by atoms with Crippen molar-refractivity contribution in [3.05, 3.63) is 0 Å². The fraction of sp³-hybridized carbons (Fsp3) is 0.833. The number of rotatable bonds is 3. The highest BCUT2D eigenvalue weighted by molar-refractivity contribution is 7.99. The second-order valence-electron chi connectivity index (χ2n) is 5.47. The summed E-state index contributed by atoms with van der Waals surface area (Å²) < 4.78 is 5.19. The third-order valence-corrected chi connectivity index (χ3v) is 3.76. The summed E-state index contributed by atoms with van der Waals surface area (Å²) >= 11 is 1.73. The molecular weight excluding hydrogens is 254 g/mol. The van der Waals surface area contributed by atoms with Gasteiger partial charge in [-0.05, 0) is 38.9 Å². The molecule has 2 atom stereocenters. The van der Waals surface area contributed by atoms with Crippen LogP contribution in [0.2, 0.25) is 0 Å². The van der Waals surface area contributed by atoms with E-state index in [0.717, 1.165) is 17.9 Å². The Labute approximate surface area is 112 Å². The summed E-state index contributed by atoms with van der Waals surface area (Å²) in [5.74, 6) is 0.876. The molecule has 0 aromatic rings. The van der Waals surface area contributed by atoms with Crippen molar-refractivity contribution in [2.45, 2.75) is 45.3 Å². The average molecular weight is 275 g/mol. The zero-order valence-electron chi connectivity index (χ0n) is 11.1. The molecule has 1 aliphatic heterocycles. The van der Waals surface area contributed by atoms with E-state index in [1.54, 1.807) is 32.5 Å². The van der Waals surface area contributed by atoms with Gasteiger partial charge in [0.25, 0.3) is 0 Å². The summed E-state index contributed by atoms with van der Waals surface area (Å²) in [5.41, 5.74) is -0.534. The van der Waals surface area contributed by atoms with Crippen molar-refractivity contribution in [2.24, 2.45) is 5.92 Å². The lowest BCUT2D eigenvalue weighted by Crippen LogP contribution is -2.46. The number of aliphatic carboxylic acids is 1. The van der Waals surface area contributed by atoms with Gasteiger partial charge in [-0.25, -0.2) is 4.79 Å². The van der Waals surface area contributed by atoms with Gasteiger partial charge in [0.1, 0.15) is 5.60 Å². The molecule has 6 heteroatoms. The fourth-order valence-corrected chi connectivity index (χ4v) is 3.11. The molecule has 0 saturated carbocycles. The van der Waals surface area contributed by atoms with Crippen LogP contribution in [0.25, 0.3) is 0 Å². The van der Waals surface area contributed by atoms with Gasteiger partial charge in [-0.15, -0.1) is 0 Å². The Morgan fingerprint density at radius 2 is 2.11 bits per heavy atom. The Hall–Kier alpha value is -0.910. The van der Waals surface area contributed by atoms with Gasteiger partial charge < -0.3 is 15.2 Å². The molecule has 0 aliphatic carbocycles. The Bertz CT molecular complexity index is 314. The standard InChI is InChI=1S/C12H21NO4S/c1-12(2,3)17-11(16)13-9-7-18-5-4-8(9)6-10(14)15/h8-9H,4-7H2,1-3H3,(H,13,16)(H,14,15)/t8-,9-/m1/s1. The average Bonchev–Trinajstić information content (AvgIpc) is 2.17. The SMILES string of the molecule is CC(C)(C)OC(=O)N[C@@H]1CSCC[C@@H]1CC(=O)O. The summed E-state index contributed by atoms with van der Waals surface area (Å²) in [4.78, 5) is 22.4. The first-order valence-corrected chi connectivity index (χ1v) is 7.22. The lowest BCUT2D eigenvalue weighted by atomic mass is 9.94. The normalized spacial score (nSPS) is 24.4. The third-order valence-electron chi connectivity index (χ3n) is 2.64. The molecule has 0 aromatic carbocycles. The van der Waals surface area contributed by atoms with Gasteiger partial charge >= 0.3 is 12.1 Å². The molecular formula is C12H21NO4S. The molecule has 18 heavy (non-hydrogen) atoms. The zero-order chi connectivity index (χ0) is 13.8. The van der Waals surface area contributed by atoms with Crippen LogP contribution < -0.4 is 5.32 Å². The molecule has 104 valence electrons. The van der Waals surface area contributed by atoms with E-state index < -0.39 is 17.7 Å². The van der Waals surface area contributed by atoms with Gasteiger partial charge in [0, 0.05) is 11.8 Å². The van der Waals surface area contributed by atoms with Crippen LogP contribution in [0.5, 0.6) is 0 Å². The molecule has 5 nitrogen and oxygen atoms in total. The van der Waals surface area contributed by atoms with E-state index in [2.05, 4.69) is 5.32 Å². The van der Waals surface area contributed by atoms with Gasteiger partial charge in [-0.2, -0.15) is 11.8 Å². The first-order valence-electron chi connectivity index (χ1n) is 6.07. The van der Waals surface area contributed by atoms with E-state index in [4.69, 9.17) is 9.84 Å². The van der Waals surface area contributed by atoms with Crippen molar-refractivity contribution in [1.82, 2.24) is 5.32 Å². The van der Waals surface area contributed by atoms with Gasteiger partial charge in [-0.1, -0.05) is 0 Å². The van der Waals surface area contributed by atoms with Crippen molar-refractivity contribution < 1.29 is 19.4 Å². The number of hydrogen-bond acceptors (Lipinski definition) is 4. The van der Waals surface area contributed by atoms with Crippen LogP contribution in [0.3, 0.4) is 0 Å². The Kier molecular flexibility index (Phi) is 5.31. The predicted molar refractivity (Wildman–Crippen MR) is 70.8 cm³/mol. The van der Waals surface area contributed by atoms with Crippen LogP contribution in [0.1, 0.15) is 33.6 Å². The van der Waals surface area contributed by atoms with Crippen LogP contribution in [0.15, 0.2) is 0 Å². The van der Waals surface area contributed by atoms with E-state index in [1.165, 1.54) is 0 Å². The lowest BCUT2D eigenvalue weighted by molar-refractivity contribution is -0.138. The number of hydrogen-bond donors (Lipinski definition) is 2. The molecule has 0 bridgehead atoms.